The number of hydrogen-bond donors (Lipinski definition) is 1. The van der Waals surface area contributed by atoms with Crippen LogP contribution in [0.25, 0.3) is 0 Å². The van der Waals surface area contributed by atoms with Gasteiger partial charge in [0, 0.05) is 17.9 Å². The second-order valence-corrected chi connectivity index (χ2v) is 4.30. The van der Waals surface area contributed by atoms with Gasteiger partial charge in [0.2, 0.25) is 0 Å². The van der Waals surface area contributed by atoms with Crippen molar-refractivity contribution in [2.75, 3.05) is 0 Å². The van der Waals surface area contributed by atoms with Crippen LogP contribution >= 0.6 is 0 Å². The quantitative estimate of drug-likeness (QED) is 0.835. The molecule has 3 nitrogen and oxygen atoms in total. The first-order valence-corrected chi connectivity index (χ1v) is 5.16. The number of rotatable bonds is 4. The average Bonchev–Trinajstić information content (AvgIpc) is 2.59. The van der Waals surface area contributed by atoms with E-state index in [1.807, 2.05) is 0 Å². The third-order valence-corrected chi connectivity index (χ3v) is 3.09. The van der Waals surface area contributed by atoms with Gasteiger partial charge in [-0.3, -0.25) is 4.57 Å². The normalized spacial score (nSPS) is 19.2. The Morgan fingerprint density at radius 2 is 2.33 bits per heavy atom. The van der Waals surface area contributed by atoms with Crippen molar-refractivity contribution in [2.24, 2.45) is 0 Å². The third-order valence-electron chi connectivity index (χ3n) is 3.09. The van der Waals surface area contributed by atoms with Crippen LogP contribution in [0.1, 0.15) is 38.6 Å². The van der Waals surface area contributed by atoms with E-state index in [0.29, 0.717) is 12.4 Å². The van der Waals surface area contributed by atoms with Gasteiger partial charge in [0.25, 0.3) is 0 Å². The summed E-state index contributed by atoms with van der Waals surface area (Å²) in [5.41, 5.74) is 0.124. The van der Waals surface area contributed by atoms with E-state index >= 15 is 0 Å². The Hall–Kier alpha value is -0.970. The molecule has 1 aromatic heterocycles. The minimum absolute atomic E-state index is 0.124. The number of imidazole rings is 1. The maximum atomic E-state index is 12.5. The van der Waals surface area contributed by atoms with E-state index < -0.39 is 6.55 Å². The van der Waals surface area contributed by atoms with Gasteiger partial charge in [-0.15, -0.1) is 0 Å². The molecule has 0 aliphatic heterocycles. The molecule has 0 aromatic carbocycles. The molecule has 1 aliphatic carbocycles. The fraction of sp³-hybridized carbons (Fsp3) is 0.700. The maximum Gasteiger partial charge on any atom is 0.319 e. The zero-order valence-corrected chi connectivity index (χ0v) is 8.71. The van der Waals surface area contributed by atoms with Gasteiger partial charge in [-0.2, -0.15) is 8.78 Å². The first-order chi connectivity index (χ1) is 7.11. The van der Waals surface area contributed by atoms with Crippen molar-refractivity contribution in [3.8, 4) is 0 Å². The summed E-state index contributed by atoms with van der Waals surface area (Å²) >= 11 is 0. The van der Waals surface area contributed by atoms with Crippen molar-refractivity contribution in [3.05, 3.63) is 18.2 Å². The second kappa shape index (κ2) is 3.89. The predicted octanol–water partition coefficient (Wildman–Crippen LogP) is 2.31. The van der Waals surface area contributed by atoms with Crippen LogP contribution in [-0.2, 0) is 6.54 Å². The summed E-state index contributed by atoms with van der Waals surface area (Å²) in [4.78, 5) is 3.92. The summed E-state index contributed by atoms with van der Waals surface area (Å²) in [6.07, 6.45) is 6.16. The number of aromatic nitrogens is 2. The van der Waals surface area contributed by atoms with E-state index in [1.54, 1.807) is 0 Å². The van der Waals surface area contributed by atoms with Crippen molar-refractivity contribution in [2.45, 2.75) is 44.8 Å². The van der Waals surface area contributed by atoms with E-state index in [2.05, 4.69) is 17.2 Å². The molecule has 0 amide bonds. The molecule has 0 bridgehead atoms. The molecular formula is C10H15F2N3. The van der Waals surface area contributed by atoms with Crippen molar-refractivity contribution in [3.63, 3.8) is 0 Å². The molecule has 5 heteroatoms. The van der Waals surface area contributed by atoms with E-state index in [4.69, 9.17) is 0 Å². The SMILES string of the molecule is CC1(NCc2nccn2C(F)F)CCC1. The summed E-state index contributed by atoms with van der Waals surface area (Å²) in [7, 11) is 0. The van der Waals surface area contributed by atoms with E-state index in [-0.39, 0.29) is 5.54 Å². The van der Waals surface area contributed by atoms with Crippen LogP contribution in [-0.4, -0.2) is 15.1 Å². The molecule has 1 aromatic rings. The zero-order chi connectivity index (χ0) is 10.9. The van der Waals surface area contributed by atoms with Crippen LogP contribution in [0.15, 0.2) is 12.4 Å². The molecule has 1 heterocycles. The molecule has 0 atom stereocenters. The Bertz CT molecular complexity index is 331. The van der Waals surface area contributed by atoms with Crippen molar-refractivity contribution < 1.29 is 8.78 Å². The topological polar surface area (TPSA) is 29.9 Å². The van der Waals surface area contributed by atoms with Gasteiger partial charge < -0.3 is 5.32 Å². The van der Waals surface area contributed by atoms with E-state index in [9.17, 15) is 8.78 Å². The molecule has 1 aliphatic rings. The lowest BCUT2D eigenvalue weighted by molar-refractivity contribution is 0.0655. The molecule has 1 N–H and O–H groups in total. The highest BCUT2D eigenvalue weighted by molar-refractivity contribution is 4.97. The molecule has 1 fully saturated rings. The summed E-state index contributed by atoms with van der Waals surface area (Å²) in [5.74, 6) is 0.401. The highest BCUT2D eigenvalue weighted by atomic mass is 19.3. The van der Waals surface area contributed by atoms with Crippen molar-refractivity contribution in [1.29, 1.82) is 0 Å². The predicted molar refractivity (Wildman–Crippen MR) is 52.6 cm³/mol. The molecule has 0 radical (unpaired) electrons. The Labute approximate surface area is 87.5 Å². The second-order valence-electron chi connectivity index (χ2n) is 4.30. The van der Waals surface area contributed by atoms with Gasteiger partial charge in [-0.05, 0) is 26.2 Å². The first kappa shape index (κ1) is 10.5. The van der Waals surface area contributed by atoms with Crippen molar-refractivity contribution in [1.82, 2.24) is 14.9 Å². The number of nitrogens with zero attached hydrogens (tertiary/aromatic N) is 2. The summed E-state index contributed by atoms with van der Waals surface area (Å²) in [6.45, 7) is 0.0264. The molecule has 0 saturated heterocycles. The minimum atomic E-state index is -2.50. The Morgan fingerprint density at radius 1 is 1.60 bits per heavy atom. The fourth-order valence-electron chi connectivity index (χ4n) is 1.83. The molecular weight excluding hydrogens is 200 g/mol. The summed E-state index contributed by atoms with van der Waals surface area (Å²) in [5, 5.41) is 3.28. The molecule has 15 heavy (non-hydrogen) atoms. The monoisotopic (exact) mass is 215 g/mol. The smallest absolute Gasteiger partial charge is 0.305 e. The molecule has 0 unspecified atom stereocenters. The highest BCUT2D eigenvalue weighted by Gasteiger charge is 2.31. The van der Waals surface area contributed by atoms with E-state index in [0.717, 1.165) is 17.4 Å². The van der Waals surface area contributed by atoms with Crippen LogP contribution in [0.2, 0.25) is 0 Å². The van der Waals surface area contributed by atoms with Gasteiger partial charge in [-0.1, -0.05) is 0 Å². The Kier molecular flexibility index (Phi) is 2.73. The highest BCUT2D eigenvalue weighted by Crippen LogP contribution is 2.31. The van der Waals surface area contributed by atoms with Crippen LogP contribution in [0, 0.1) is 0 Å². The van der Waals surface area contributed by atoms with Crippen LogP contribution in [0.3, 0.4) is 0 Å². The first-order valence-electron chi connectivity index (χ1n) is 5.16. The zero-order valence-electron chi connectivity index (χ0n) is 8.71. The minimum Gasteiger partial charge on any atom is -0.305 e. The van der Waals surface area contributed by atoms with Crippen LogP contribution < -0.4 is 5.32 Å². The molecule has 0 spiro atoms. The molecule has 2 rings (SSSR count). The average molecular weight is 215 g/mol. The fourth-order valence-corrected chi connectivity index (χ4v) is 1.83. The number of halogens is 2. The molecule has 1 saturated carbocycles. The van der Waals surface area contributed by atoms with Crippen LogP contribution in [0.4, 0.5) is 8.78 Å². The lowest BCUT2D eigenvalue weighted by Crippen LogP contribution is -2.47. The number of alkyl halides is 2. The largest absolute Gasteiger partial charge is 0.319 e. The Balaban J connectivity index is 1.95. The van der Waals surface area contributed by atoms with Gasteiger partial charge in [-0.25, -0.2) is 4.98 Å². The lowest BCUT2D eigenvalue weighted by Gasteiger charge is -2.39. The van der Waals surface area contributed by atoms with Crippen LogP contribution in [0.5, 0.6) is 0 Å². The number of hydrogen-bond acceptors (Lipinski definition) is 2. The van der Waals surface area contributed by atoms with Gasteiger partial charge >= 0.3 is 6.55 Å². The lowest BCUT2D eigenvalue weighted by atomic mass is 9.78. The van der Waals surface area contributed by atoms with E-state index in [1.165, 1.54) is 18.8 Å². The molecule has 84 valence electrons. The third kappa shape index (κ3) is 2.17. The van der Waals surface area contributed by atoms with Gasteiger partial charge in [0.1, 0.15) is 5.82 Å². The van der Waals surface area contributed by atoms with Gasteiger partial charge in [0.05, 0.1) is 6.54 Å². The maximum absolute atomic E-state index is 12.5. The standard InChI is InChI=1S/C10H15F2N3/c1-10(3-2-4-10)14-7-8-13-5-6-15(8)9(11)12/h5-6,9,14H,2-4,7H2,1H3. The van der Waals surface area contributed by atoms with Gasteiger partial charge in [0.15, 0.2) is 0 Å². The summed E-state index contributed by atoms with van der Waals surface area (Å²) < 4.78 is 25.8. The summed E-state index contributed by atoms with van der Waals surface area (Å²) in [6, 6.07) is 0. The van der Waals surface area contributed by atoms with Crippen molar-refractivity contribution >= 4 is 0 Å². The number of nitrogens with one attached hydrogen (secondary N) is 1. The Morgan fingerprint density at radius 3 is 2.87 bits per heavy atom.